The molecule has 0 bridgehead atoms. The van der Waals surface area contributed by atoms with Gasteiger partial charge in [-0.3, -0.25) is 24.2 Å². The topological polar surface area (TPSA) is 158 Å². The summed E-state index contributed by atoms with van der Waals surface area (Å²) in [6.07, 6.45) is 12.0. The molecule has 3 N–H and O–H groups in total. The lowest BCUT2D eigenvalue weighted by atomic mass is 9.89. The maximum atomic E-state index is 14.7. The van der Waals surface area contributed by atoms with E-state index in [2.05, 4.69) is 39.6 Å². The van der Waals surface area contributed by atoms with Crippen LogP contribution < -0.4 is 30.2 Å². The first-order valence-electron chi connectivity index (χ1n) is 40.8. The molecule has 123 heavy (non-hydrogen) atoms. The van der Waals surface area contributed by atoms with Crippen LogP contribution in [0.4, 0.5) is 26.3 Å². The number of allylic oxidation sites excluding steroid dienone is 1. The number of benzene rings is 8. The molecule has 4 heterocycles. The zero-order chi connectivity index (χ0) is 87.8. The molecule has 4 aromatic heterocycles. The van der Waals surface area contributed by atoms with Gasteiger partial charge in [0.25, 0.3) is 23.6 Å². The number of hydrogen-bond donors (Lipinski definition) is 3. The third-order valence-electron chi connectivity index (χ3n) is 23.7. The van der Waals surface area contributed by atoms with E-state index in [1.54, 1.807) is 57.4 Å². The van der Waals surface area contributed by atoms with Gasteiger partial charge >= 0.3 is 0 Å². The number of nitrogens with zero attached hydrogens (tertiary/aromatic N) is 5. The summed E-state index contributed by atoms with van der Waals surface area (Å²) in [6.45, 7) is 8.68. The van der Waals surface area contributed by atoms with Crippen LogP contribution in [0.25, 0.3) is 69.2 Å². The highest BCUT2D eigenvalue weighted by Crippen LogP contribution is 2.46. The standard InChI is InChI=1S/C33H34ClF2N3O3S.C33H33ClF2N2O2S.C30H30ClF2N3O2S/c1-37-23-10-12-24(13-11-23)39(33(41)31-29(34)28-25(35)14-15-26(36)30(28)43-31)18-22-17-21(9-16-27(22)42-4)19-5-7-20(8-6-19)32(40)38(2)3;1-19(2)20-5-7-21(8-6-20)22-9-16-28(40-4)23(17-22)18-38(25-12-10-24(37-3)11-13-25)33(39)32-30(34)29-26(35)14-15-27(36)31(29)41-32;1-17-4-5-19(15-35-17)18-6-13-25(38-3)20(14-18)16-36(22-9-7-21(34-2)8-10-22)30(37)29-27(31)26-23(32)11-12-24(33)28(26)39-29/h5-9,14-17,23-24,37H,10-13,18H2,1-4H3;5-9,14-17,24-25,37H,1,10-13,18H2,2-4H3;4-6,11-15,21-22,34H,7-10,16H2,1-3H3. The molecule has 3 saturated carbocycles. The summed E-state index contributed by atoms with van der Waals surface area (Å²) in [5, 5.41) is 9.68. The molecule has 27 heteroatoms. The van der Waals surface area contributed by atoms with Crippen molar-refractivity contribution in [1.29, 1.82) is 0 Å². The number of carbonyl (C=O) groups excluding carboxylic acids is 4. The third-order valence-corrected chi connectivity index (χ3v) is 28.8. The van der Waals surface area contributed by atoms with E-state index in [0.29, 0.717) is 40.9 Å². The molecular formula is C96H97Cl3F6N8O7S3. The van der Waals surface area contributed by atoms with Crippen molar-refractivity contribution >= 4 is 128 Å². The van der Waals surface area contributed by atoms with Crippen LogP contribution in [0.1, 0.15) is 151 Å². The number of methoxy groups -OCH3 is 3. The Morgan fingerprint density at radius 3 is 0.959 bits per heavy atom. The summed E-state index contributed by atoms with van der Waals surface area (Å²) in [4.78, 5) is 66.7. The molecule has 0 unspecified atom stereocenters. The highest BCUT2D eigenvalue weighted by Gasteiger charge is 2.38. The molecule has 0 spiro atoms. The quantitative estimate of drug-likeness (QED) is 0.0524. The van der Waals surface area contributed by atoms with Gasteiger partial charge in [-0.05, 0) is 236 Å². The summed E-state index contributed by atoms with van der Waals surface area (Å²) < 4.78 is 105. The number of carbonyl (C=O) groups is 4. The Kier molecular flexibility index (Phi) is 29.8. The Morgan fingerprint density at radius 2 is 0.691 bits per heavy atom. The fraction of sp³-hybridized carbons (Fsp3) is 0.323. The predicted molar refractivity (Wildman–Crippen MR) is 486 cm³/mol. The smallest absolute Gasteiger partial charge is 0.266 e. The van der Waals surface area contributed by atoms with E-state index in [-0.39, 0.29) is 121 Å². The van der Waals surface area contributed by atoms with E-state index in [1.807, 2.05) is 137 Å². The van der Waals surface area contributed by atoms with Crippen LogP contribution in [0.5, 0.6) is 17.2 Å². The minimum Gasteiger partial charge on any atom is -0.496 e. The Morgan fingerprint density at radius 1 is 0.407 bits per heavy atom. The van der Waals surface area contributed by atoms with Gasteiger partial charge in [-0.25, -0.2) is 26.3 Å². The fourth-order valence-electron chi connectivity index (χ4n) is 16.7. The van der Waals surface area contributed by atoms with Crippen LogP contribution in [0, 0.1) is 41.8 Å². The Labute approximate surface area is 739 Å². The van der Waals surface area contributed by atoms with Crippen molar-refractivity contribution in [3.63, 3.8) is 0 Å². The molecule has 644 valence electrons. The second-order valence-electron chi connectivity index (χ2n) is 31.5. The average Bonchev–Trinajstić information content (AvgIpc) is 1.62. The largest absolute Gasteiger partial charge is 0.496 e. The van der Waals surface area contributed by atoms with Gasteiger partial charge in [0.05, 0.1) is 66.7 Å². The molecule has 0 radical (unpaired) electrons. The number of aromatic nitrogens is 1. The van der Waals surface area contributed by atoms with Crippen LogP contribution in [-0.2, 0) is 19.6 Å². The minimum absolute atomic E-state index is 0.0305. The van der Waals surface area contributed by atoms with E-state index >= 15 is 0 Å². The monoisotopic (exact) mass is 1790 g/mol. The number of thiophene rings is 3. The Hall–Kier alpha value is -9.86. The minimum atomic E-state index is -0.662. The van der Waals surface area contributed by atoms with Crippen molar-refractivity contribution in [2.45, 2.75) is 147 Å². The summed E-state index contributed by atoms with van der Waals surface area (Å²) >= 11 is 22.4. The Balaban J connectivity index is 0.000000159. The van der Waals surface area contributed by atoms with Gasteiger partial charge in [-0.1, -0.05) is 108 Å². The summed E-state index contributed by atoms with van der Waals surface area (Å²) in [5.74, 6) is -2.94. The lowest BCUT2D eigenvalue weighted by Crippen LogP contribution is -2.44. The molecule has 0 saturated heterocycles. The summed E-state index contributed by atoms with van der Waals surface area (Å²) in [7, 11) is 14.1. The molecule has 15 nitrogen and oxygen atoms in total. The van der Waals surface area contributed by atoms with Gasteiger partial charge in [-0.2, -0.15) is 0 Å². The fourth-order valence-corrected chi connectivity index (χ4v) is 21.2. The first kappa shape index (κ1) is 90.9. The molecule has 0 atom stereocenters. The van der Waals surface area contributed by atoms with E-state index in [4.69, 9.17) is 49.0 Å². The number of rotatable bonds is 23. The van der Waals surface area contributed by atoms with Crippen molar-refractivity contribution in [2.75, 3.05) is 56.6 Å². The predicted octanol–water partition coefficient (Wildman–Crippen LogP) is 23.5. The number of ether oxygens (including phenoxy) is 3. The van der Waals surface area contributed by atoms with Crippen LogP contribution in [0.3, 0.4) is 0 Å². The molecule has 15 rings (SSSR count). The van der Waals surface area contributed by atoms with Gasteiger partial charge < -0.3 is 49.8 Å². The molecule has 4 amide bonds. The zero-order valence-corrected chi connectivity index (χ0v) is 74.7. The maximum absolute atomic E-state index is 14.7. The van der Waals surface area contributed by atoms with Crippen LogP contribution in [0.2, 0.25) is 15.1 Å². The summed E-state index contributed by atoms with van der Waals surface area (Å²) in [5.41, 5.74) is 11.8. The van der Waals surface area contributed by atoms with Crippen molar-refractivity contribution in [2.24, 2.45) is 0 Å². The molecule has 0 aliphatic heterocycles. The van der Waals surface area contributed by atoms with Crippen LogP contribution in [-0.4, -0.2) is 141 Å². The molecule has 12 aromatic rings. The number of hydrogen-bond acceptors (Lipinski definition) is 14. The number of pyridine rings is 1. The van der Waals surface area contributed by atoms with Crippen LogP contribution >= 0.6 is 68.8 Å². The zero-order valence-electron chi connectivity index (χ0n) is 70.0. The van der Waals surface area contributed by atoms with E-state index in [1.165, 1.54) is 4.90 Å². The lowest BCUT2D eigenvalue weighted by Gasteiger charge is -2.37. The van der Waals surface area contributed by atoms with Gasteiger partial charge in [0.1, 0.15) is 66.8 Å². The van der Waals surface area contributed by atoms with Gasteiger partial charge in [-0.15, -0.1) is 34.0 Å². The molecule has 3 fully saturated rings. The number of amides is 4. The first-order chi connectivity index (χ1) is 59.1. The average molecular weight is 1790 g/mol. The van der Waals surface area contributed by atoms with Gasteiger partial charge in [0, 0.05) is 110 Å². The van der Waals surface area contributed by atoms with E-state index in [9.17, 15) is 45.5 Å². The van der Waals surface area contributed by atoms with Gasteiger partial charge in [0.2, 0.25) is 0 Å². The van der Waals surface area contributed by atoms with E-state index in [0.717, 1.165) is 214 Å². The second kappa shape index (κ2) is 40.4. The lowest BCUT2D eigenvalue weighted by molar-refractivity contribution is 0.0598. The normalized spacial score (nSPS) is 17.0. The third kappa shape index (κ3) is 20.1. The molecule has 3 aliphatic rings. The number of halogens is 9. The molecule has 3 aliphatic carbocycles. The number of aryl methyl sites for hydroxylation is 1. The number of nitrogens with one attached hydrogen (secondary N) is 3. The van der Waals surface area contributed by atoms with Crippen molar-refractivity contribution in [3.05, 3.63) is 263 Å². The first-order valence-corrected chi connectivity index (χ1v) is 44.4. The van der Waals surface area contributed by atoms with Crippen molar-refractivity contribution in [1.82, 2.24) is 40.5 Å². The SMILES string of the molecule is C=C(C)c1ccc(-c2ccc(OC)c(CN(C(=O)c3sc4c(F)ccc(F)c4c3Cl)C3CCC(NC)CC3)c2)cc1.CNC1CCC(N(Cc2cc(-c3ccc(C(=O)N(C)C)cc3)ccc2OC)C(=O)c2sc3c(F)ccc(F)c3c2Cl)CC1.CNC1CCC(N(Cc2cc(-c3ccc(C)nc3)ccc2OC)C(=O)c2sc3c(F)ccc(F)c3c2Cl)CC1. The van der Waals surface area contributed by atoms with Crippen molar-refractivity contribution in [3.8, 4) is 50.6 Å². The second-order valence-corrected chi connectivity index (χ2v) is 35.7. The van der Waals surface area contributed by atoms with Crippen molar-refractivity contribution < 1.29 is 59.7 Å². The van der Waals surface area contributed by atoms with Crippen LogP contribution in [0.15, 0.2) is 164 Å². The Bertz CT molecular complexity index is 5870. The maximum Gasteiger partial charge on any atom is 0.266 e. The molecular weight excluding hydrogens is 1690 g/mol. The van der Waals surface area contributed by atoms with Gasteiger partial charge in [0.15, 0.2) is 0 Å². The molecule has 8 aromatic carbocycles. The highest BCUT2D eigenvalue weighted by molar-refractivity contribution is 7.22. The highest BCUT2D eigenvalue weighted by atomic mass is 35.5. The van der Waals surface area contributed by atoms with E-state index < -0.39 is 34.9 Å². The number of fused-ring (bicyclic) bond motifs is 3. The summed E-state index contributed by atoms with van der Waals surface area (Å²) in [6, 6.07) is 44.3.